The van der Waals surface area contributed by atoms with Crippen molar-refractivity contribution in [3.8, 4) is 5.69 Å². The smallest absolute Gasteiger partial charge is 0.238 e. The predicted molar refractivity (Wildman–Crippen MR) is 115 cm³/mol. The number of primary sulfonamides is 1. The van der Waals surface area contributed by atoms with Crippen molar-refractivity contribution < 1.29 is 12.8 Å². The fraction of sp³-hybridized carbons (Fsp3) is 0.318. The SMILES string of the molecule is CCCCN(C)Cc1cc(Cc2ccccc2)n(-c2ccc(S(N)(=O)=O)cc2F)n1. The summed E-state index contributed by atoms with van der Waals surface area (Å²) in [5.41, 5.74) is 2.92. The zero-order valence-corrected chi connectivity index (χ0v) is 18.1. The molecule has 0 aliphatic rings. The standard InChI is InChI=1S/C22H27FN4O2S/c1-3-4-12-26(2)16-18-14-19(13-17-8-6-5-7-9-17)27(25-18)22-11-10-20(15-21(22)23)30(24,28)29/h5-11,14-15H,3-4,12-13,16H2,1-2H3,(H2,24,28,29). The Labute approximate surface area is 177 Å². The summed E-state index contributed by atoms with van der Waals surface area (Å²) in [6.07, 6.45) is 2.78. The van der Waals surface area contributed by atoms with E-state index in [-0.39, 0.29) is 10.6 Å². The molecule has 0 aliphatic heterocycles. The molecule has 3 rings (SSSR count). The van der Waals surface area contributed by atoms with Crippen LogP contribution in [-0.2, 0) is 23.0 Å². The van der Waals surface area contributed by atoms with Crippen molar-refractivity contribution in [3.63, 3.8) is 0 Å². The molecule has 0 bridgehead atoms. The molecule has 1 aromatic heterocycles. The molecule has 0 amide bonds. The van der Waals surface area contributed by atoms with Crippen LogP contribution in [0.1, 0.15) is 36.7 Å². The van der Waals surface area contributed by atoms with Gasteiger partial charge < -0.3 is 4.90 Å². The molecule has 6 nitrogen and oxygen atoms in total. The highest BCUT2D eigenvalue weighted by Crippen LogP contribution is 2.22. The van der Waals surface area contributed by atoms with Gasteiger partial charge in [0, 0.05) is 18.7 Å². The number of nitrogens with two attached hydrogens (primary N) is 1. The van der Waals surface area contributed by atoms with Crippen LogP contribution in [0, 0.1) is 5.82 Å². The van der Waals surface area contributed by atoms with Gasteiger partial charge in [0.25, 0.3) is 0 Å². The summed E-state index contributed by atoms with van der Waals surface area (Å²) in [7, 11) is -1.94. The number of benzene rings is 2. The Morgan fingerprint density at radius 1 is 1.13 bits per heavy atom. The highest BCUT2D eigenvalue weighted by atomic mass is 32.2. The second-order valence-corrected chi connectivity index (χ2v) is 9.01. The Morgan fingerprint density at radius 3 is 2.50 bits per heavy atom. The minimum absolute atomic E-state index is 0.191. The van der Waals surface area contributed by atoms with Crippen molar-refractivity contribution in [1.29, 1.82) is 0 Å². The van der Waals surface area contributed by atoms with Crippen LogP contribution in [0.25, 0.3) is 5.69 Å². The molecule has 0 aliphatic carbocycles. The maximum atomic E-state index is 14.8. The van der Waals surface area contributed by atoms with Gasteiger partial charge in [0.05, 0.1) is 10.6 Å². The Hall–Kier alpha value is -2.55. The van der Waals surface area contributed by atoms with E-state index in [0.717, 1.165) is 42.4 Å². The number of nitrogens with zero attached hydrogens (tertiary/aromatic N) is 3. The van der Waals surface area contributed by atoms with E-state index in [4.69, 9.17) is 5.14 Å². The summed E-state index contributed by atoms with van der Waals surface area (Å²) in [5, 5.41) is 9.75. The molecule has 0 unspecified atom stereocenters. The molecule has 2 aromatic carbocycles. The number of hydrogen-bond acceptors (Lipinski definition) is 4. The van der Waals surface area contributed by atoms with E-state index in [1.54, 1.807) is 4.68 Å². The molecule has 0 atom stereocenters. The number of rotatable bonds is 9. The molecule has 0 radical (unpaired) electrons. The van der Waals surface area contributed by atoms with Gasteiger partial charge in [0.15, 0.2) is 0 Å². The zero-order valence-electron chi connectivity index (χ0n) is 17.3. The van der Waals surface area contributed by atoms with Crippen LogP contribution in [-0.4, -0.2) is 36.7 Å². The first-order valence-corrected chi connectivity index (χ1v) is 11.5. The minimum atomic E-state index is -3.98. The highest BCUT2D eigenvalue weighted by Gasteiger charge is 2.17. The van der Waals surface area contributed by atoms with E-state index in [1.165, 1.54) is 12.1 Å². The largest absolute Gasteiger partial charge is 0.300 e. The maximum Gasteiger partial charge on any atom is 0.238 e. The van der Waals surface area contributed by atoms with Gasteiger partial charge in [-0.1, -0.05) is 43.7 Å². The number of aromatic nitrogens is 2. The monoisotopic (exact) mass is 430 g/mol. The Morgan fingerprint density at radius 2 is 1.87 bits per heavy atom. The van der Waals surface area contributed by atoms with Gasteiger partial charge in [-0.2, -0.15) is 5.10 Å². The molecular formula is C22H27FN4O2S. The van der Waals surface area contributed by atoms with Crippen molar-refractivity contribution in [2.75, 3.05) is 13.6 Å². The molecule has 2 N–H and O–H groups in total. The Kier molecular flexibility index (Phi) is 7.02. The first-order chi connectivity index (χ1) is 14.3. The Balaban J connectivity index is 1.99. The summed E-state index contributed by atoms with van der Waals surface area (Å²) in [6, 6.07) is 15.5. The summed E-state index contributed by atoms with van der Waals surface area (Å²) < 4.78 is 39.5. The fourth-order valence-corrected chi connectivity index (χ4v) is 3.84. The lowest BCUT2D eigenvalue weighted by molar-refractivity contribution is 0.316. The third-order valence-corrected chi connectivity index (χ3v) is 5.77. The van der Waals surface area contributed by atoms with E-state index < -0.39 is 15.8 Å². The molecule has 0 fully saturated rings. The Bertz CT molecular complexity index is 1100. The third kappa shape index (κ3) is 5.53. The van der Waals surface area contributed by atoms with E-state index >= 15 is 0 Å². The molecule has 3 aromatic rings. The van der Waals surface area contributed by atoms with Crippen molar-refractivity contribution >= 4 is 10.0 Å². The van der Waals surface area contributed by atoms with Crippen LogP contribution >= 0.6 is 0 Å². The van der Waals surface area contributed by atoms with Gasteiger partial charge in [0.2, 0.25) is 10.0 Å². The van der Waals surface area contributed by atoms with Gasteiger partial charge in [-0.3, -0.25) is 0 Å². The predicted octanol–water partition coefficient (Wildman–Crippen LogP) is 3.48. The van der Waals surface area contributed by atoms with Gasteiger partial charge in [-0.15, -0.1) is 0 Å². The summed E-state index contributed by atoms with van der Waals surface area (Å²) in [5.74, 6) is -0.690. The average Bonchev–Trinajstić information content (AvgIpc) is 3.08. The molecule has 0 spiro atoms. The minimum Gasteiger partial charge on any atom is -0.300 e. The fourth-order valence-electron chi connectivity index (χ4n) is 3.31. The molecule has 8 heteroatoms. The lowest BCUT2D eigenvalue weighted by atomic mass is 10.1. The van der Waals surface area contributed by atoms with Crippen molar-refractivity contribution in [3.05, 3.63) is 77.4 Å². The number of halogens is 1. The maximum absolute atomic E-state index is 14.8. The molecular weight excluding hydrogens is 403 g/mol. The van der Waals surface area contributed by atoms with Crippen LogP contribution in [0.3, 0.4) is 0 Å². The second kappa shape index (κ2) is 9.51. The van der Waals surface area contributed by atoms with Gasteiger partial charge in [0.1, 0.15) is 11.5 Å². The van der Waals surface area contributed by atoms with Gasteiger partial charge in [-0.05, 0) is 49.8 Å². The number of unbranched alkanes of at least 4 members (excludes halogenated alkanes) is 1. The highest BCUT2D eigenvalue weighted by molar-refractivity contribution is 7.89. The van der Waals surface area contributed by atoms with Crippen LogP contribution in [0.15, 0.2) is 59.5 Å². The van der Waals surface area contributed by atoms with Crippen LogP contribution < -0.4 is 5.14 Å². The van der Waals surface area contributed by atoms with Gasteiger partial charge in [-0.25, -0.2) is 22.6 Å². The average molecular weight is 431 g/mol. The topological polar surface area (TPSA) is 81.2 Å². The van der Waals surface area contributed by atoms with E-state index in [1.807, 2.05) is 43.4 Å². The van der Waals surface area contributed by atoms with E-state index in [9.17, 15) is 12.8 Å². The van der Waals surface area contributed by atoms with E-state index in [2.05, 4.69) is 16.9 Å². The zero-order chi connectivity index (χ0) is 21.7. The van der Waals surface area contributed by atoms with Crippen molar-refractivity contribution in [2.45, 2.75) is 37.6 Å². The van der Waals surface area contributed by atoms with E-state index in [0.29, 0.717) is 13.0 Å². The first kappa shape index (κ1) is 22.1. The first-order valence-electron chi connectivity index (χ1n) is 9.91. The van der Waals surface area contributed by atoms with Gasteiger partial charge >= 0.3 is 0 Å². The summed E-state index contributed by atoms with van der Waals surface area (Å²) in [4.78, 5) is 1.92. The summed E-state index contributed by atoms with van der Waals surface area (Å²) >= 11 is 0. The van der Waals surface area contributed by atoms with Crippen LogP contribution in [0.2, 0.25) is 0 Å². The lowest BCUT2D eigenvalue weighted by Crippen LogP contribution is -2.19. The quantitative estimate of drug-likeness (QED) is 0.564. The second-order valence-electron chi connectivity index (χ2n) is 7.45. The molecule has 160 valence electrons. The summed E-state index contributed by atoms with van der Waals surface area (Å²) in [6.45, 7) is 3.75. The van der Waals surface area contributed by atoms with Crippen molar-refractivity contribution in [1.82, 2.24) is 14.7 Å². The lowest BCUT2D eigenvalue weighted by Gasteiger charge is -2.14. The molecule has 0 saturated heterocycles. The van der Waals surface area contributed by atoms with Crippen LogP contribution in [0.5, 0.6) is 0 Å². The van der Waals surface area contributed by atoms with Crippen LogP contribution in [0.4, 0.5) is 4.39 Å². The molecule has 0 saturated carbocycles. The normalized spacial score (nSPS) is 11.9. The number of sulfonamides is 1. The number of hydrogen-bond donors (Lipinski definition) is 1. The molecule has 30 heavy (non-hydrogen) atoms. The third-order valence-electron chi connectivity index (χ3n) is 4.86. The van der Waals surface area contributed by atoms with Crippen molar-refractivity contribution in [2.24, 2.45) is 5.14 Å². The molecule has 1 heterocycles.